The van der Waals surface area contributed by atoms with Gasteiger partial charge in [-0.15, -0.1) is 0 Å². The summed E-state index contributed by atoms with van der Waals surface area (Å²) in [5.74, 6) is -0.118. The largest absolute Gasteiger partial charge is 0.493 e. The Hall–Kier alpha value is -2.38. The summed E-state index contributed by atoms with van der Waals surface area (Å²) in [7, 11) is 1.34. The molecule has 3 amide bonds. The van der Waals surface area contributed by atoms with E-state index in [9.17, 15) is 18.4 Å². The Labute approximate surface area is 150 Å². The molecule has 1 spiro atoms. The third-order valence-corrected chi connectivity index (χ3v) is 5.29. The van der Waals surface area contributed by atoms with Crippen molar-refractivity contribution in [3.63, 3.8) is 0 Å². The molecule has 1 aromatic rings. The maximum atomic E-state index is 13.0. The van der Waals surface area contributed by atoms with Crippen LogP contribution in [0, 0.1) is 5.92 Å². The number of halogens is 2. The van der Waals surface area contributed by atoms with Crippen LogP contribution in [0.25, 0.3) is 0 Å². The van der Waals surface area contributed by atoms with E-state index in [0.717, 1.165) is 19.3 Å². The molecule has 1 aliphatic carbocycles. The monoisotopic (exact) mass is 368 g/mol. The number of hydrogen-bond donors (Lipinski definition) is 1. The lowest BCUT2D eigenvalue weighted by Crippen LogP contribution is -2.53. The summed E-state index contributed by atoms with van der Waals surface area (Å²) in [5, 5.41) is 2.89. The Morgan fingerprint density at radius 1 is 1.31 bits per heavy atom. The van der Waals surface area contributed by atoms with E-state index in [4.69, 9.17) is 4.74 Å². The van der Waals surface area contributed by atoms with E-state index in [2.05, 4.69) is 10.1 Å². The Balaban J connectivity index is 1.80. The van der Waals surface area contributed by atoms with Crippen LogP contribution >= 0.6 is 0 Å². The molecular formula is C18H22F2N2O4. The second kappa shape index (κ2) is 7.09. The standard InChI is InChI=1S/C18H22F2N2O4/c1-11-5-3-4-8-18(11)15(23)22(17(24)21-18)10-12-6-7-13(26-16(19)20)14(9-12)25-2/h6-7,9,11,16H,3-5,8,10H2,1-2H3,(H,21,24)/t11-,18-/m1/s1. The molecule has 0 aromatic heterocycles. The van der Waals surface area contributed by atoms with Gasteiger partial charge < -0.3 is 14.8 Å². The van der Waals surface area contributed by atoms with Crippen molar-refractivity contribution < 1.29 is 27.8 Å². The zero-order chi connectivity index (χ0) is 18.9. The number of amides is 3. The molecule has 1 heterocycles. The first-order valence-corrected chi connectivity index (χ1v) is 8.63. The average Bonchev–Trinajstić information content (AvgIpc) is 2.83. The smallest absolute Gasteiger partial charge is 0.387 e. The van der Waals surface area contributed by atoms with Gasteiger partial charge in [0.15, 0.2) is 11.5 Å². The van der Waals surface area contributed by atoms with Crippen LogP contribution in [0.1, 0.15) is 38.2 Å². The van der Waals surface area contributed by atoms with E-state index in [1.807, 2.05) is 6.92 Å². The van der Waals surface area contributed by atoms with Crippen LogP contribution in [0.2, 0.25) is 0 Å². The van der Waals surface area contributed by atoms with Crippen LogP contribution in [0.15, 0.2) is 18.2 Å². The molecule has 8 heteroatoms. The molecule has 0 unspecified atom stereocenters. The Bertz CT molecular complexity index is 712. The van der Waals surface area contributed by atoms with Gasteiger partial charge in [0.25, 0.3) is 5.91 Å². The Morgan fingerprint density at radius 3 is 2.73 bits per heavy atom. The van der Waals surface area contributed by atoms with Crippen molar-refractivity contribution in [1.29, 1.82) is 0 Å². The molecule has 0 bridgehead atoms. The maximum Gasteiger partial charge on any atom is 0.387 e. The minimum absolute atomic E-state index is 0.0461. The second-order valence-electron chi connectivity index (χ2n) is 6.80. The number of nitrogens with one attached hydrogen (secondary N) is 1. The average molecular weight is 368 g/mol. The number of hydrogen-bond acceptors (Lipinski definition) is 4. The highest BCUT2D eigenvalue weighted by Gasteiger charge is 2.54. The number of ether oxygens (including phenoxy) is 2. The highest BCUT2D eigenvalue weighted by atomic mass is 19.3. The Kier molecular flexibility index (Phi) is 5.02. The lowest BCUT2D eigenvalue weighted by atomic mass is 9.73. The van der Waals surface area contributed by atoms with Gasteiger partial charge in [0, 0.05) is 0 Å². The molecule has 26 heavy (non-hydrogen) atoms. The predicted octanol–water partition coefficient (Wildman–Crippen LogP) is 3.30. The highest BCUT2D eigenvalue weighted by Crippen LogP contribution is 2.39. The molecule has 2 atom stereocenters. The van der Waals surface area contributed by atoms with Crippen LogP contribution in [0.3, 0.4) is 0 Å². The van der Waals surface area contributed by atoms with Crippen molar-refractivity contribution in [3.05, 3.63) is 23.8 Å². The van der Waals surface area contributed by atoms with Gasteiger partial charge in [-0.2, -0.15) is 8.78 Å². The van der Waals surface area contributed by atoms with E-state index in [0.29, 0.717) is 12.0 Å². The van der Waals surface area contributed by atoms with Crippen molar-refractivity contribution in [1.82, 2.24) is 10.2 Å². The fourth-order valence-electron chi connectivity index (χ4n) is 3.83. The number of alkyl halides is 2. The van der Waals surface area contributed by atoms with E-state index >= 15 is 0 Å². The van der Waals surface area contributed by atoms with E-state index in [1.165, 1.54) is 30.2 Å². The minimum Gasteiger partial charge on any atom is -0.493 e. The zero-order valence-corrected chi connectivity index (χ0v) is 14.8. The minimum atomic E-state index is -2.96. The lowest BCUT2D eigenvalue weighted by molar-refractivity contribution is -0.134. The SMILES string of the molecule is COc1cc(CN2C(=O)N[C@@]3(CCCC[C@H]3C)C2=O)ccc1OC(F)F. The van der Waals surface area contributed by atoms with E-state index < -0.39 is 18.2 Å². The summed E-state index contributed by atoms with van der Waals surface area (Å²) in [6, 6.07) is 3.96. The van der Waals surface area contributed by atoms with Crippen LogP contribution in [0.5, 0.6) is 11.5 Å². The molecule has 0 radical (unpaired) electrons. The lowest BCUT2D eigenvalue weighted by Gasteiger charge is -2.36. The predicted molar refractivity (Wildman–Crippen MR) is 89.1 cm³/mol. The summed E-state index contributed by atoms with van der Waals surface area (Å²) in [6.07, 6.45) is 3.49. The molecule has 6 nitrogen and oxygen atoms in total. The molecule has 1 aromatic carbocycles. The molecule has 2 fully saturated rings. The number of methoxy groups -OCH3 is 1. The number of benzene rings is 1. The van der Waals surface area contributed by atoms with Crippen LogP contribution < -0.4 is 14.8 Å². The molecule has 1 aliphatic heterocycles. The van der Waals surface area contributed by atoms with Crippen LogP contribution in [-0.4, -0.2) is 36.1 Å². The molecule has 3 rings (SSSR count). The molecule has 1 saturated carbocycles. The van der Waals surface area contributed by atoms with E-state index in [-0.39, 0.29) is 29.9 Å². The quantitative estimate of drug-likeness (QED) is 0.810. The fraction of sp³-hybridized carbons (Fsp3) is 0.556. The maximum absolute atomic E-state index is 13.0. The summed E-state index contributed by atoms with van der Waals surface area (Å²) < 4.78 is 34.3. The highest BCUT2D eigenvalue weighted by molar-refractivity contribution is 6.07. The van der Waals surface area contributed by atoms with Crippen molar-refractivity contribution in [2.45, 2.75) is 51.3 Å². The molecule has 1 N–H and O–H groups in total. The number of urea groups is 1. The zero-order valence-electron chi connectivity index (χ0n) is 14.8. The van der Waals surface area contributed by atoms with Crippen LogP contribution in [-0.2, 0) is 11.3 Å². The molecule has 142 valence electrons. The summed E-state index contributed by atoms with van der Waals surface area (Å²) in [6.45, 7) is -0.932. The molecular weight excluding hydrogens is 346 g/mol. The van der Waals surface area contributed by atoms with Gasteiger partial charge in [-0.05, 0) is 36.5 Å². The second-order valence-corrected chi connectivity index (χ2v) is 6.80. The van der Waals surface area contributed by atoms with Crippen LogP contribution in [0.4, 0.5) is 13.6 Å². The summed E-state index contributed by atoms with van der Waals surface area (Å²) in [5.41, 5.74) is -0.231. The van der Waals surface area contributed by atoms with Gasteiger partial charge in [0.2, 0.25) is 0 Å². The van der Waals surface area contributed by atoms with Gasteiger partial charge in [-0.3, -0.25) is 9.69 Å². The van der Waals surface area contributed by atoms with Crippen molar-refractivity contribution >= 4 is 11.9 Å². The first-order chi connectivity index (χ1) is 12.4. The van der Waals surface area contributed by atoms with Crippen molar-refractivity contribution in [3.8, 4) is 11.5 Å². The van der Waals surface area contributed by atoms with Gasteiger partial charge in [-0.1, -0.05) is 25.8 Å². The molecule has 2 aliphatic rings. The van der Waals surface area contributed by atoms with Crippen molar-refractivity contribution in [2.75, 3.05) is 7.11 Å². The topological polar surface area (TPSA) is 67.9 Å². The first-order valence-electron chi connectivity index (χ1n) is 8.63. The number of rotatable bonds is 5. The van der Waals surface area contributed by atoms with Crippen molar-refractivity contribution in [2.24, 2.45) is 5.92 Å². The summed E-state index contributed by atoms with van der Waals surface area (Å²) >= 11 is 0. The third-order valence-electron chi connectivity index (χ3n) is 5.29. The molecule has 1 saturated heterocycles. The first kappa shape index (κ1) is 18.4. The third kappa shape index (κ3) is 3.20. The number of nitrogens with zero attached hydrogens (tertiary/aromatic N) is 1. The van der Waals surface area contributed by atoms with Gasteiger partial charge in [-0.25, -0.2) is 4.79 Å². The van der Waals surface area contributed by atoms with Gasteiger partial charge in [0.1, 0.15) is 5.54 Å². The van der Waals surface area contributed by atoms with E-state index in [1.54, 1.807) is 0 Å². The fourth-order valence-corrected chi connectivity index (χ4v) is 3.83. The van der Waals surface area contributed by atoms with Gasteiger partial charge in [0.05, 0.1) is 13.7 Å². The number of imide groups is 1. The number of carbonyl (C=O) groups excluding carboxylic acids is 2. The number of carbonyl (C=O) groups is 2. The summed E-state index contributed by atoms with van der Waals surface area (Å²) in [4.78, 5) is 26.6. The normalized spacial score (nSPS) is 25.7. The Morgan fingerprint density at radius 2 is 2.08 bits per heavy atom. The van der Waals surface area contributed by atoms with Gasteiger partial charge >= 0.3 is 12.6 Å².